The summed E-state index contributed by atoms with van der Waals surface area (Å²) in [6.45, 7) is 0. The van der Waals surface area contributed by atoms with Crippen LogP contribution in [0.4, 0.5) is 4.39 Å². The molecule has 0 aliphatic heterocycles. The molecule has 0 spiro atoms. The lowest BCUT2D eigenvalue weighted by molar-refractivity contribution is 0.0941. The molecule has 2 heterocycles. The first-order chi connectivity index (χ1) is 13.2. The zero-order chi connectivity index (χ0) is 20.5. The van der Waals surface area contributed by atoms with Crippen LogP contribution in [0.1, 0.15) is 10.4 Å². The van der Waals surface area contributed by atoms with Gasteiger partial charge in [-0.25, -0.2) is 17.8 Å². The summed E-state index contributed by atoms with van der Waals surface area (Å²) in [6, 6.07) is 5.96. The molecule has 3 aromatic rings. The fraction of sp³-hybridized carbons (Fsp3) is 0.0625. The van der Waals surface area contributed by atoms with Gasteiger partial charge in [-0.2, -0.15) is 0 Å². The molecule has 0 saturated heterocycles. The summed E-state index contributed by atoms with van der Waals surface area (Å²) < 4.78 is 40.2. The number of imidazole rings is 1. The molecule has 3 rings (SSSR count). The molecule has 12 heteroatoms. The molecule has 0 radical (unpaired) electrons. The maximum atomic E-state index is 14.3. The summed E-state index contributed by atoms with van der Waals surface area (Å²) in [5.74, 6) is -2.11. The number of nitrogens with zero attached hydrogens (tertiary/aromatic N) is 2. The first-order valence-electron chi connectivity index (χ1n) is 7.66. The van der Waals surface area contributed by atoms with E-state index in [2.05, 4.69) is 9.97 Å². The van der Waals surface area contributed by atoms with Crippen molar-refractivity contribution in [2.45, 2.75) is 5.03 Å². The van der Waals surface area contributed by atoms with Crippen LogP contribution in [0.15, 0.2) is 52.7 Å². The van der Waals surface area contributed by atoms with Crippen molar-refractivity contribution in [3.8, 4) is 11.3 Å². The normalized spacial score (nSPS) is 11.4. The van der Waals surface area contributed by atoms with Gasteiger partial charge >= 0.3 is 0 Å². The van der Waals surface area contributed by atoms with Crippen LogP contribution in [-0.2, 0) is 17.1 Å². The number of nitrogens with one attached hydrogen (secondary N) is 3. The molecule has 0 saturated carbocycles. The number of rotatable bonds is 5. The van der Waals surface area contributed by atoms with Gasteiger partial charge in [0.1, 0.15) is 0 Å². The van der Waals surface area contributed by atoms with Gasteiger partial charge in [-0.1, -0.05) is 17.7 Å². The van der Waals surface area contributed by atoms with Crippen molar-refractivity contribution in [3.05, 3.63) is 69.6 Å². The molecule has 9 nitrogen and oxygen atoms in total. The SMILES string of the molecule is Cn1cnc(-c2cc(Cl)c(F)c(C(=O)NNS(=O)(=O)c3cccc(=O)[nH]3)c2)c1. The summed E-state index contributed by atoms with van der Waals surface area (Å²) in [4.78, 5) is 31.5. The van der Waals surface area contributed by atoms with Crippen LogP contribution in [0.25, 0.3) is 11.3 Å². The van der Waals surface area contributed by atoms with Gasteiger partial charge in [0.05, 0.1) is 22.6 Å². The second-order valence-electron chi connectivity index (χ2n) is 5.68. The van der Waals surface area contributed by atoms with E-state index in [1.54, 1.807) is 22.6 Å². The molecule has 1 aromatic carbocycles. The summed E-state index contributed by atoms with van der Waals surface area (Å²) in [5.41, 5.74) is 1.57. The number of sulfonamides is 1. The van der Waals surface area contributed by atoms with Crippen molar-refractivity contribution in [3.63, 3.8) is 0 Å². The predicted molar refractivity (Wildman–Crippen MR) is 98.5 cm³/mol. The predicted octanol–water partition coefficient (Wildman–Crippen LogP) is 1.19. The molecule has 0 aliphatic carbocycles. The lowest BCUT2D eigenvalue weighted by atomic mass is 10.1. The molecule has 0 fully saturated rings. The number of hydrogen-bond acceptors (Lipinski definition) is 5. The number of H-pyrrole nitrogens is 1. The Morgan fingerprint density at radius 1 is 1.32 bits per heavy atom. The Morgan fingerprint density at radius 2 is 2.07 bits per heavy atom. The summed E-state index contributed by atoms with van der Waals surface area (Å²) >= 11 is 5.86. The van der Waals surface area contributed by atoms with Crippen LogP contribution in [0, 0.1) is 5.82 Å². The highest BCUT2D eigenvalue weighted by Crippen LogP contribution is 2.27. The van der Waals surface area contributed by atoms with E-state index in [9.17, 15) is 22.4 Å². The Bertz CT molecular complexity index is 1220. The third-order valence-electron chi connectivity index (χ3n) is 3.60. The van der Waals surface area contributed by atoms with E-state index in [0.717, 1.165) is 12.1 Å². The Labute approximate surface area is 163 Å². The number of aromatic amines is 1. The Morgan fingerprint density at radius 3 is 2.71 bits per heavy atom. The average Bonchev–Trinajstić information content (AvgIpc) is 3.08. The van der Waals surface area contributed by atoms with Crippen molar-refractivity contribution in [1.82, 2.24) is 24.8 Å². The third-order valence-corrected chi connectivity index (χ3v) is 5.07. The largest absolute Gasteiger partial charge is 0.340 e. The smallest absolute Gasteiger partial charge is 0.272 e. The molecule has 3 N–H and O–H groups in total. The molecule has 1 amide bonds. The molecule has 0 bridgehead atoms. The molecular weight excluding hydrogens is 413 g/mol. The average molecular weight is 426 g/mol. The molecule has 2 aromatic heterocycles. The lowest BCUT2D eigenvalue weighted by Gasteiger charge is -2.10. The number of carbonyl (C=O) groups is 1. The minimum Gasteiger partial charge on any atom is -0.340 e. The van der Waals surface area contributed by atoms with E-state index in [-0.39, 0.29) is 5.02 Å². The van der Waals surface area contributed by atoms with Crippen LogP contribution in [0.3, 0.4) is 0 Å². The third kappa shape index (κ3) is 4.11. The number of carbonyl (C=O) groups excluding carboxylic acids is 1. The lowest BCUT2D eigenvalue weighted by Crippen LogP contribution is -2.42. The standard InChI is InChI=1S/C16H13ClFN5O4S/c1-23-7-12(19-8-23)9-5-10(15(18)11(17)6-9)16(25)21-22-28(26,27)14-4-2-3-13(24)20-14/h2-8,22H,1H3,(H,20,24)(H,21,25). The van der Waals surface area contributed by atoms with Crippen LogP contribution < -0.4 is 15.8 Å². The fourth-order valence-electron chi connectivity index (χ4n) is 2.28. The van der Waals surface area contributed by atoms with Crippen LogP contribution >= 0.6 is 11.6 Å². The zero-order valence-electron chi connectivity index (χ0n) is 14.2. The summed E-state index contributed by atoms with van der Waals surface area (Å²) in [5, 5.41) is -0.801. The van der Waals surface area contributed by atoms with E-state index in [0.29, 0.717) is 11.3 Å². The quantitative estimate of drug-likeness (QED) is 0.529. The fourth-order valence-corrected chi connectivity index (χ4v) is 3.33. The first-order valence-corrected chi connectivity index (χ1v) is 9.52. The number of amides is 1. The maximum absolute atomic E-state index is 14.3. The number of pyridine rings is 1. The van der Waals surface area contributed by atoms with Crippen molar-refractivity contribution in [1.29, 1.82) is 0 Å². The van der Waals surface area contributed by atoms with Crippen LogP contribution in [-0.4, -0.2) is 28.9 Å². The number of aryl methyl sites for hydroxylation is 1. The van der Waals surface area contributed by atoms with Crippen LogP contribution in [0.2, 0.25) is 5.02 Å². The minimum absolute atomic E-state index is 0.330. The van der Waals surface area contributed by atoms with E-state index in [1.807, 2.05) is 5.43 Å². The van der Waals surface area contributed by atoms with Gasteiger partial charge in [-0.15, -0.1) is 4.83 Å². The first kappa shape index (κ1) is 19.7. The van der Waals surface area contributed by atoms with Gasteiger partial charge in [0.2, 0.25) is 5.56 Å². The Hall–Kier alpha value is -3.02. The van der Waals surface area contributed by atoms with Gasteiger partial charge in [-0.05, 0) is 18.2 Å². The molecule has 0 aliphatic rings. The number of aromatic nitrogens is 3. The number of hydrazine groups is 1. The molecular formula is C16H13ClFN5O4S. The minimum atomic E-state index is -4.28. The highest BCUT2D eigenvalue weighted by molar-refractivity contribution is 7.89. The highest BCUT2D eigenvalue weighted by atomic mass is 35.5. The topological polar surface area (TPSA) is 126 Å². The van der Waals surface area contributed by atoms with Gasteiger partial charge in [-0.3, -0.25) is 15.0 Å². The van der Waals surface area contributed by atoms with Crippen molar-refractivity contribution in [2.75, 3.05) is 0 Å². The van der Waals surface area contributed by atoms with Crippen molar-refractivity contribution in [2.24, 2.45) is 7.05 Å². The number of halogens is 2. The van der Waals surface area contributed by atoms with Crippen LogP contribution in [0.5, 0.6) is 0 Å². The van der Waals surface area contributed by atoms with Gasteiger partial charge in [0.15, 0.2) is 10.8 Å². The molecule has 0 unspecified atom stereocenters. The maximum Gasteiger partial charge on any atom is 0.272 e. The highest BCUT2D eigenvalue weighted by Gasteiger charge is 2.21. The van der Waals surface area contributed by atoms with Gasteiger partial charge in [0.25, 0.3) is 15.9 Å². The second-order valence-corrected chi connectivity index (χ2v) is 7.74. The second kappa shape index (κ2) is 7.54. The van der Waals surface area contributed by atoms with E-state index in [1.165, 1.54) is 24.5 Å². The Kier molecular flexibility index (Phi) is 5.31. The number of benzene rings is 1. The van der Waals surface area contributed by atoms with Crippen molar-refractivity contribution >= 4 is 27.5 Å². The summed E-state index contributed by atoms with van der Waals surface area (Å²) in [7, 11) is -2.54. The van der Waals surface area contributed by atoms with Crippen molar-refractivity contribution < 1.29 is 17.6 Å². The van der Waals surface area contributed by atoms with E-state index in [4.69, 9.17) is 11.6 Å². The van der Waals surface area contributed by atoms with Gasteiger partial charge in [0, 0.05) is 24.9 Å². The number of hydrogen-bond donors (Lipinski definition) is 3. The zero-order valence-corrected chi connectivity index (χ0v) is 15.8. The summed E-state index contributed by atoms with van der Waals surface area (Å²) in [6.07, 6.45) is 3.15. The molecule has 28 heavy (non-hydrogen) atoms. The van der Waals surface area contributed by atoms with E-state index < -0.39 is 37.9 Å². The Balaban J connectivity index is 1.86. The molecule has 0 atom stereocenters. The van der Waals surface area contributed by atoms with E-state index >= 15 is 0 Å². The molecule has 146 valence electrons. The van der Waals surface area contributed by atoms with Gasteiger partial charge < -0.3 is 9.55 Å². The monoisotopic (exact) mass is 425 g/mol.